The van der Waals surface area contributed by atoms with Crippen molar-refractivity contribution in [3.8, 4) is 5.88 Å². The quantitative estimate of drug-likeness (QED) is 0.830. The van der Waals surface area contributed by atoms with Crippen LogP contribution in [0.3, 0.4) is 0 Å². The second-order valence-electron chi connectivity index (χ2n) is 5.35. The number of likely N-dealkylation sites (tertiary alicyclic amines) is 1. The number of rotatable bonds is 7. The molecule has 0 atom stereocenters. The summed E-state index contributed by atoms with van der Waals surface area (Å²) in [6.07, 6.45) is 5.09. The molecular formula is C15H26N4O. The number of nitrogens with one attached hydrogen (secondary N) is 1. The topological polar surface area (TPSA) is 50.3 Å². The Kier molecular flexibility index (Phi) is 6.05. The van der Waals surface area contributed by atoms with Crippen LogP contribution < -0.4 is 10.1 Å². The number of hydrogen-bond acceptors (Lipinski definition) is 5. The van der Waals surface area contributed by atoms with E-state index in [0.29, 0.717) is 12.5 Å². The molecule has 1 saturated heterocycles. The molecule has 0 unspecified atom stereocenters. The molecule has 20 heavy (non-hydrogen) atoms. The van der Waals surface area contributed by atoms with Crippen LogP contribution >= 0.6 is 0 Å². The van der Waals surface area contributed by atoms with Crippen molar-refractivity contribution in [2.24, 2.45) is 5.92 Å². The van der Waals surface area contributed by atoms with Crippen molar-refractivity contribution in [3.05, 3.63) is 12.4 Å². The zero-order valence-corrected chi connectivity index (χ0v) is 12.6. The predicted molar refractivity (Wildman–Crippen MR) is 81.1 cm³/mol. The fourth-order valence-corrected chi connectivity index (χ4v) is 2.48. The van der Waals surface area contributed by atoms with Gasteiger partial charge in [0.2, 0.25) is 5.88 Å². The van der Waals surface area contributed by atoms with E-state index >= 15 is 0 Å². The van der Waals surface area contributed by atoms with E-state index in [9.17, 15) is 0 Å². The summed E-state index contributed by atoms with van der Waals surface area (Å²) in [5, 5.41) is 3.41. The summed E-state index contributed by atoms with van der Waals surface area (Å²) in [5.41, 5.74) is 0. The first kappa shape index (κ1) is 15.0. The molecule has 1 aliphatic heterocycles. The van der Waals surface area contributed by atoms with Gasteiger partial charge in [-0.05, 0) is 44.8 Å². The van der Waals surface area contributed by atoms with Gasteiger partial charge in [0.15, 0.2) is 0 Å². The Morgan fingerprint density at radius 2 is 2.10 bits per heavy atom. The van der Waals surface area contributed by atoms with Crippen molar-refractivity contribution < 1.29 is 4.74 Å². The molecule has 0 radical (unpaired) electrons. The van der Waals surface area contributed by atoms with Crippen molar-refractivity contribution in [2.45, 2.75) is 33.1 Å². The number of hydrogen-bond donors (Lipinski definition) is 1. The Balaban J connectivity index is 1.76. The summed E-state index contributed by atoms with van der Waals surface area (Å²) < 4.78 is 5.52. The molecule has 112 valence electrons. The monoisotopic (exact) mass is 278 g/mol. The summed E-state index contributed by atoms with van der Waals surface area (Å²) in [7, 11) is 0. The van der Waals surface area contributed by atoms with Gasteiger partial charge in [0.25, 0.3) is 0 Å². The van der Waals surface area contributed by atoms with Gasteiger partial charge in [0.05, 0.1) is 6.61 Å². The van der Waals surface area contributed by atoms with Crippen LogP contribution in [-0.2, 0) is 0 Å². The molecule has 5 heteroatoms. The van der Waals surface area contributed by atoms with Crippen molar-refractivity contribution in [1.29, 1.82) is 0 Å². The zero-order valence-electron chi connectivity index (χ0n) is 12.6. The van der Waals surface area contributed by atoms with Gasteiger partial charge in [0, 0.05) is 12.6 Å². The second-order valence-corrected chi connectivity index (χ2v) is 5.35. The summed E-state index contributed by atoms with van der Waals surface area (Å²) in [4.78, 5) is 10.9. The Hall–Kier alpha value is -1.36. The average Bonchev–Trinajstić information content (AvgIpc) is 2.52. The van der Waals surface area contributed by atoms with Gasteiger partial charge < -0.3 is 15.0 Å². The largest absolute Gasteiger partial charge is 0.478 e. The molecule has 1 aromatic rings. The highest BCUT2D eigenvalue weighted by Crippen LogP contribution is 2.18. The lowest BCUT2D eigenvalue weighted by molar-refractivity contribution is 0.198. The first-order valence-corrected chi connectivity index (χ1v) is 7.72. The van der Waals surface area contributed by atoms with Gasteiger partial charge in [-0.25, -0.2) is 9.97 Å². The molecule has 1 fully saturated rings. The van der Waals surface area contributed by atoms with Crippen molar-refractivity contribution in [1.82, 2.24) is 14.9 Å². The lowest BCUT2D eigenvalue weighted by Gasteiger charge is -2.31. The smallest absolute Gasteiger partial charge is 0.218 e. The fraction of sp³-hybridized carbons (Fsp3) is 0.733. The molecule has 1 aromatic heterocycles. The Morgan fingerprint density at radius 1 is 1.30 bits per heavy atom. The van der Waals surface area contributed by atoms with E-state index in [2.05, 4.69) is 34.0 Å². The van der Waals surface area contributed by atoms with Gasteiger partial charge >= 0.3 is 0 Å². The average molecular weight is 278 g/mol. The van der Waals surface area contributed by atoms with E-state index in [-0.39, 0.29) is 0 Å². The van der Waals surface area contributed by atoms with Gasteiger partial charge in [0.1, 0.15) is 12.1 Å². The van der Waals surface area contributed by atoms with Gasteiger partial charge in [-0.1, -0.05) is 13.8 Å². The minimum absolute atomic E-state index is 0.658. The number of nitrogens with zero attached hydrogens (tertiary/aromatic N) is 3. The molecule has 0 spiro atoms. The van der Waals surface area contributed by atoms with Crippen molar-refractivity contribution in [3.63, 3.8) is 0 Å². The van der Waals surface area contributed by atoms with Crippen LogP contribution in [0.15, 0.2) is 12.4 Å². The summed E-state index contributed by atoms with van der Waals surface area (Å²) in [5.74, 6) is 2.27. The molecule has 0 aromatic carbocycles. The summed E-state index contributed by atoms with van der Waals surface area (Å²) in [6, 6.07) is 1.89. The van der Waals surface area contributed by atoms with Gasteiger partial charge in [-0.3, -0.25) is 0 Å². The Bertz CT molecular complexity index is 391. The number of aromatic nitrogens is 2. The van der Waals surface area contributed by atoms with Crippen molar-refractivity contribution >= 4 is 5.82 Å². The molecule has 2 rings (SSSR count). The lowest BCUT2D eigenvalue weighted by Crippen LogP contribution is -2.35. The fourth-order valence-electron chi connectivity index (χ4n) is 2.48. The third-order valence-electron chi connectivity index (χ3n) is 3.82. The highest BCUT2D eigenvalue weighted by molar-refractivity contribution is 5.37. The minimum atomic E-state index is 0.658. The van der Waals surface area contributed by atoms with E-state index in [0.717, 1.165) is 24.7 Å². The predicted octanol–water partition coefficient (Wildman–Crippen LogP) is 2.41. The normalized spacial score (nSPS) is 17.1. The molecule has 5 nitrogen and oxygen atoms in total. The standard InChI is InChI=1S/C15H26N4O/c1-3-9-20-15-10-14(17-12-18-15)16-11-13-5-7-19(4-2)8-6-13/h10,12-13H,3-9,11H2,1-2H3,(H,16,17,18). The first-order valence-electron chi connectivity index (χ1n) is 7.72. The van der Waals surface area contributed by atoms with E-state index in [1.54, 1.807) is 6.33 Å². The Morgan fingerprint density at radius 3 is 2.80 bits per heavy atom. The lowest BCUT2D eigenvalue weighted by atomic mass is 9.97. The third-order valence-corrected chi connectivity index (χ3v) is 3.82. The molecule has 0 saturated carbocycles. The maximum atomic E-state index is 5.52. The van der Waals surface area contributed by atoms with Crippen LogP contribution in [0.5, 0.6) is 5.88 Å². The van der Waals surface area contributed by atoms with E-state index in [1.807, 2.05) is 6.07 Å². The highest BCUT2D eigenvalue weighted by atomic mass is 16.5. The summed E-state index contributed by atoms with van der Waals surface area (Å²) in [6.45, 7) is 9.62. The first-order chi connectivity index (χ1) is 9.81. The van der Waals surface area contributed by atoms with Crippen LogP contribution in [-0.4, -0.2) is 47.7 Å². The van der Waals surface area contributed by atoms with Crippen LogP contribution in [0.2, 0.25) is 0 Å². The van der Waals surface area contributed by atoms with Crippen LogP contribution in [0.1, 0.15) is 33.1 Å². The second kappa shape index (κ2) is 8.04. The van der Waals surface area contributed by atoms with Crippen molar-refractivity contribution in [2.75, 3.05) is 38.1 Å². The van der Waals surface area contributed by atoms with E-state index in [1.165, 1.54) is 32.5 Å². The van der Waals surface area contributed by atoms with Crippen LogP contribution in [0.4, 0.5) is 5.82 Å². The molecule has 0 bridgehead atoms. The van der Waals surface area contributed by atoms with E-state index < -0.39 is 0 Å². The SMILES string of the molecule is CCCOc1cc(NCC2CCN(CC)CC2)ncn1. The zero-order chi connectivity index (χ0) is 14.2. The number of ether oxygens (including phenoxy) is 1. The molecule has 0 amide bonds. The van der Waals surface area contributed by atoms with Gasteiger partial charge in [-0.15, -0.1) is 0 Å². The molecule has 0 aliphatic carbocycles. The third kappa shape index (κ3) is 4.63. The molecular weight excluding hydrogens is 252 g/mol. The maximum Gasteiger partial charge on any atom is 0.218 e. The Labute approximate surface area is 121 Å². The summed E-state index contributed by atoms with van der Waals surface area (Å²) >= 11 is 0. The van der Waals surface area contributed by atoms with Crippen LogP contribution in [0.25, 0.3) is 0 Å². The van der Waals surface area contributed by atoms with E-state index in [4.69, 9.17) is 4.74 Å². The van der Waals surface area contributed by atoms with Crippen LogP contribution in [0, 0.1) is 5.92 Å². The maximum absolute atomic E-state index is 5.52. The van der Waals surface area contributed by atoms with Gasteiger partial charge in [-0.2, -0.15) is 0 Å². The number of anilines is 1. The molecule has 1 aliphatic rings. The minimum Gasteiger partial charge on any atom is -0.478 e. The molecule has 2 heterocycles. The number of piperidine rings is 1. The highest BCUT2D eigenvalue weighted by Gasteiger charge is 2.17. The molecule has 1 N–H and O–H groups in total.